The lowest BCUT2D eigenvalue weighted by Crippen LogP contribution is -2.51. The number of nitrogens with zero attached hydrogens (tertiary/aromatic N) is 2. The molecule has 168 valence electrons. The van der Waals surface area contributed by atoms with Crippen molar-refractivity contribution in [1.82, 2.24) is 14.5 Å². The monoisotopic (exact) mass is 445 g/mol. The molecule has 0 aliphatic rings. The molecule has 1 N–H and O–H groups in total. The molecule has 31 heavy (non-hydrogen) atoms. The fourth-order valence-corrected chi connectivity index (χ4v) is 3.81. The van der Waals surface area contributed by atoms with Gasteiger partial charge in [0, 0.05) is 19.6 Å². The van der Waals surface area contributed by atoms with E-state index in [1.807, 2.05) is 67.6 Å². The number of hydrogen-bond donors (Lipinski definition) is 1. The highest BCUT2D eigenvalue weighted by atomic mass is 32.2. The summed E-state index contributed by atoms with van der Waals surface area (Å²) in [5.74, 6) is -0.690. The minimum absolute atomic E-state index is 0.0843. The summed E-state index contributed by atoms with van der Waals surface area (Å²) in [5.41, 5.74) is 1.64. The first-order valence-electron chi connectivity index (χ1n) is 10.3. The van der Waals surface area contributed by atoms with Crippen LogP contribution in [0, 0.1) is 0 Å². The summed E-state index contributed by atoms with van der Waals surface area (Å²) >= 11 is 0. The smallest absolute Gasteiger partial charge is 0.242 e. The van der Waals surface area contributed by atoms with Gasteiger partial charge in [-0.3, -0.25) is 9.59 Å². The second-order valence-electron chi connectivity index (χ2n) is 7.49. The molecule has 1 unspecified atom stereocenters. The number of carbonyl (C=O) groups excluding carboxylic acids is 2. The minimum Gasteiger partial charge on any atom is -0.354 e. The maximum absolute atomic E-state index is 13.3. The van der Waals surface area contributed by atoms with E-state index in [0.29, 0.717) is 6.54 Å². The van der Waals surface area contributed by atoms with E-state index in [1.165, 1.54) is 4.90 Å². The molecule has 0 aliphatic heterocycles. The van der Waals surface area contributed by atoms with Gasteiger partial charge in [-0.15, -0.1) is 0 Å². The van der Waals surface area contributed by atoms with Crippen molar-refractivity contribution in [3.8, 4) is 0 Å². The molecule has 0 heterocycles. The third kappa shape index (κ3) is 7.80. The number of rotatable bonds is 11. The number of carbonyl (C=O) groups is 2. The summed E-state index contributed by atoms with van der Waals surface area (Å²) in [6, 6.07) is 17.7. The zero-order valence-corrected chi connectivity index (χ0v) is 19.1. The molecule has 1 atom stereocenters. The summed E-state index contributed by atoms with van der Waals surface area (Å²) in [6.07, 6.45) is 1.87. The van der Waals surface area contributed by atoms with Crippen LogP contribution < -0.4 is 5.32 Å². The molecule has 0 aromatic heterocycles. The third-order valence-electron chi connectivity index (χ3n) is 4.89. The van der Waals surface area contributed by atoms with Crippen LogP contribution in [0.3, 0.4) is 0 Å². The van der Waals surface area contributed by atoms with E-state index in [1.54, 1.807) is 6.92 Å². The Bertz CT molecular complexity index is 949. The van der Waals surface area contributed by atoms with Crippen molar-refractivity contribution in [3.63, 3.8) is 0 Å². The second kappa shape index (κ2) is 11.6. The van der Waals surface area contributed by atoms with Crippen LogP contribution >= 0.6 is 0 Å². The highest BCUT2D eigenvalue weighted by Gasteiger charge is 2.29. The molecule has 0 bridgehead atoms. The summed E-state index contributed by atoms with van der Waals surface area (Å²) in [7, 11) is -3.64. The zero-order valence-electron chi connectivity index (χ0n) is 18.3. The Labute approximate surface area is 185 Å². The Morgan fingerprint density at radius 3 is 1.94 bits per heavy atom. The van der Waals surface area contributed by atoms with Crippen molar-refractivity contribution >= 4 is 21.8 Å². The standard InChI is InChI=1S/C23H31N3O4S/c1-4-15-24-23(28)19(2)26(17-21-13-9-6-10-14-21)22(27)18-25(31(3,29)30)16-20-11-7-5-8-12-20/h5-14,19H,4,15-18H2,1-3H3,(H,24,28). The van der Waals surface area contributed by atoms with Gasteiger partial charge >= 0.3 is 0 Å². The van der Waals surface area contributed by atoms with Crippen LogP contribution in [0.4, 0.5) is 0 Å². The van der Waals surface area contributed by atoms with Gasteiger partial charge in [0.2, 0.25) is 21.8 Å². The Morgan fingerprint density at radius 2 is 1.45 bits per heavy atom. The quantitative estimate of drug-likeness (QED) is 0.575. The maximum Gasteiger partial charge on any atom is 0.242 e. The Hall–Kier alpha value is -2.71. The fraction of sp³-hybridized carbons (Fsp3) is 0.391. The molecule has 7 nitrogen and oxygen atoms in total. The van der Waals surface area contributed by atoms with E-state index in [9.17, 15) is 18.0 Å². The number of nitrogens with one attached hydrogen (secondary N) is 1. The van der Waals surface area contributed by atoms with Crippen LogP contribution in [0.5, 0.6) is 0 Å². The molecule has 2 rings (SSSR count). The van der Waals surface area contributed by atoms with Crippen molar-refractivity contribution in [2.24, 2.45) is 0 Å². The zero-order chi connectivity index (χ0) is 22.9. The lowest BCUT2D eigenvalue weighted by Gasteiger charge is -2.31. The van der Waals surface area contributed by atoms with Gasteiger partial charge in [-0.05, 0) is 24.5 Å². The first-order chi connectivity index (χ1) is 14.7. The van der Waals surface area contributed by atoms with Crippen LogP contribution in [-0.4, -0.2) is 54.8 Å². The normalized spacial score (nSPS) is 12.4. The Kier molecular flexibility index (Phi) is 9.21. The van der Waals surface area contributed by atoms with Gasteiger partial charge in [-0.2, -0.15) is 4.31 Å². The largest absolute Gasteiger partial charge is 0.354 e. The van der Waals surface area contributed by atoms with Crippen LogP contribution in [-0.2, 0) is 32.7 Å². The predicted octanol–water partition coefficient (Wildman–Crippen LogP) is 2.39. The minimum atomic E-state index is -3.64. The molecular weight excluding hydrogens is 414 g/mol. The van der Waals surface area contributed by atoms with Gasteiger partial charge in [0.1, 0.15) is 6.04 Å². The maximum atomic E-state index is 13.3. The van der Waals surface area contributed by atoms with Crippen molar-refractivity contribution in [3.05, 3.63) is 71.8 Å². The van der Waals surface area contributed by atoms with E-state index in [2.05, 4.69) is 5.32 Å². The summed E-state index contributed by atoms with van der Waals surface area (Å²) in [5, 5.41) is 2.81. The molecule has 0 aliphatic carbocycles. The first-order valence-corrected chi connectivity index (χ1v) is 12.2. The average molecular weight is 446 g/mol. The molecule has 0 radical (unpaired) electrons. The molecule has 2 aromatic carbocycles. The summed E-state index contributed by atoms with van der Waals surface area (Å²) in [4.78, 5) is 27.3. The van der Waals surface area contributed by atoms with Gasteiger partial charge in [0.25, 0.3) is 0 Å². The van der Waals surface area contributed by atoms with Gasteiger partial charge in [0.05, 0.1) is 12.8 Å². The topological polar surface area (TPSA) is 86.8 Å². The molecule has 2 amide bonds. The van der Waals surface area contributed by atoms with Crippen LogP contribution in [0.2, 0.25) is 0 Å². The highest BCUT2D eigenvalue weighted by molar-refractivity contribution is 7.88. The summed E-state index contributed by atoms with van der Waals surface area (Å²) in [6.45, 7) is 4.08. The number of amides is 2. The number of sulfonamides is 1. The molecule has 0 saturated carbocycles. The number of benzene rings is 2. The molecule has 0 saturated heterocycles. The molecule has 0 fully saturated rings. The average Bonchev–Trinajstić information content (AvgIpc) is 2.75. The van der Waals surface area contributed by atoms with Gasteiger partial charge in [-0.1, -0.05) is 67.6 Å². The van der Waals surface area contributed by atoms with Crippen molar-refractivity contribution in [2.45, 2.75) is 39.4 Å². The lowest BCUT2D eigenvalue weighted by molar-refractivity contribution is -0.140. The van der Waals surface area contributed by atoms with Crippen molar-refractivity contribution in [2.75, 3.05) is 19.3 Å². The summed E-state index contributed by atoms with van der Waals surface area (Å²) < 4.78 is 25.9. The third-order valence-corrected chi connectivity index (χ3v) is 6.09. The van der Waals surface area contributed by atoms with E-state index in [-0.39, 0.29) is 25.5 Å². The highest BCUT2D eigenvalue weighted by Crippen LogP contribution is 2.13. The Balaban J connectivity index is 2.25. The van der Waals surface area contributed by atoms with Gasteiger partial charge in [-0.25, -0.2) is 8.42 Å². The van der Waals surface area contributed by atoms with E-state index >= 15 is 0 Å². The van der Waals surface area contributed by atoms with Gasteiger partial charge in [0.15, 0.2) is 0 Å². The molecule has 8 heteroatoms. The second-order valence-corrected chi connectivity index (χ2v) is 9.47. The van der Waals surface area contributed by atoms with Crippen LogP contribution in [0.1, 0.15) is 31.4 Å². The van der Waals surface area contributed by atoms with Gasteiger partial charge < -0.3 is 10.2 Å². The lowest BCUT2D eigenvalue weighted by atomic mass is 10.1. The molecular formula is C23H31N3O4S. The van der Waals surface area contributed by atoms with E-state index in [4.69, 9.17) is 0 Å². The Morgan fingerprint density at radius 1 is 0.935 bits per heavy atom. The van der Waals surface area contributed by atoms with Crippen molar-refractivity contribution < 1.29 is 18.0 Å². The molecule has 0 spiro atoms. The SMILES string of the molecule is CCCNC(=O)C(C)N(Cc1ccccc1)C(=O)CN(Cc1ccccc1)S(C)(=O)=O. The number of hydrogen-bond acceptors (Lipinski definition) is 4. The first kappa shape index (κ1) is 24.6. The predicted molar refractivity (Wildman–Crippen MR) is 121 cm³/mol. The van der Waals surface area contributed by atoms with E-state index < -0.39 is 22.0 Å². The van der Waals surface area contributed by atoms with Crippen LogP contribution in [0.25, 0.3) is 0 Å². The fourth-order valence-electron chi connectivity index (χ4n) is 3.08. The van der Waals surface area contributed by atoms with Crippen molar-refractivity contribution in [1.29, 1.82) is 0 Å². The molecule has 2 aromatic rings. The van der Waals surface area contributed by atoms with Crippen LogP contribution in [0.15, 0.2) is 60.7 Å². The van der Waals surface area contributed by atoms with E-state index in [0.717, 1.165) is 28.1 Å².